The zero-order chi connectivity index (χ0) is 18.0. The van der Waals surface area contributed by atoms with Crippen LogP contribution in [0.3, 0.4) is 0 Å². The number of hydrogen-bond donors (Lipinski definition) is 0. The average Bonchev–Trinajstić information content (AvgIpc) is 2.90. The van der Waals surface area contributed by atoms with Gasteiger partial charge in [-0.05, 0) is 41.3 Å². The van der Waals surface area contributed by atoms with Crippen molar-refractivity contribution >= 4 is 27.5 Å². The fourth-order valence-corrected chi connectivity index (χ4v) is 3.80. The second-order valence-corrected chi connectivity index (χ2v) is 7.37. The smallest absolute Gasteiger partial charge is 0.252 e. The van der Waals surface area contributed by atoms with Crippen molar-refractivity contribution in [2.75, 3.05) is 7.11 Å². The van der Waals surface area contributed by atoms with Gasteiger partial charge in [-0.3, -0.25) is 4.79 Å². The lowest BCUT2D eigenvalue weighted by molar-refractivity contribution is -0.117. The molecule has 1 aromatic heterocycles. The molecule has 0 saturated heterocycles. The highest BCUT2D eigenvalue weighted by atomic mass is 32.1. The summed E-state index contributed by atoms with van der Waals surface area (Å²) in [4.78, 5) is 17.4. The summed E-state index contributed by atoms with van der Waals surface area (Å²) in [5, 5.41) is 0. The maximum Gasteiger partial charge on any atom is 0.252 e. The number of aromatic nitrogens is 1. The Hall–Kier alpha value is -2.40. The molecule has 2 aromatic carbocycles. The highest BCUT2D eigenvalue weighted by Crippen LogP contribution is 2.23. The van der Waals surface area contributed by atoms with E-state index in [1.54, 1.807) is 18.4 Å². The van der Waals surface area contributed by atoms with Crippen molar-refractivity contribution in [2.45, 2.75) is 26.2 Å². The van der Waals surface area contributed by atoms with Gasteiger partial charge in [-0.25, -0.2) is 0 Å². The summed E-state index contributed by atoms with van der Waals surface area (Å²) < 4.78 is 8.33. The van der Waals surface area contributed by atoms with Gasteiger partial charge in [-0.1, -0.05) is 43.4 Å². The van der Waals surface area contributed by atoms with E-state index in [4.69, 9.17) is 4.74 Å². The van der Waals surface area contributed by atoms with Crippen LogP contribution in [-0.2, 0) is 18.3 Å². The lowest BCUT2D eigenvalue weighted by Gasteiger charge is -2.04. The van der Waals surface area contributed by atoms with E-state index < -0.39 is 0 Å². The topological polar surface area (TPSA) is 43.6 Å². The highest BCUT2D eigenvalue weighted by molar-refractivity contribution is 7.16. The fraction of sp³-hybridized carbons (Fsp3) is 0.300. The Morgan fingerprint density at radius 2 is 2.04 bits per heavy atom. The van der Waals surface area contributed by atoms with Crippen LogP contribution in [-0.4, -0.2) is 17.6 Å². The summed E-state index contributed by atoms with van der Waals surface area (Å²) in [5.74, 6) is 1.07. The summed E-state index contributed by atoms with van der Waals surface area (Å²) in [7, 11) is 3.57. The first-order valence-corrected chi connectivity index (χ1v) is 9.09. The molecule has 0 radical (unpaired) electrons. The molecule has 3 rings (SSSR count). The van der Waals surface area contributed by atoms with Gasteiger partial charge in [0.1, 0.15) is 5.75 Å². The van der Waals surface area contributed by atoms with Crippen LogP contribution < -0.4 is 9.54 Å². The molecular formula is C20H22N2O2S. The number of thiazole rings is 1. The SMILES string of the molecule is COc1cccc(CC(=O)N=c2sc3cc(C(C)C)ccc3n2C)c1. The predicted octanol–water partition coefficient (Wildman–Crippen LogP) is 4.04. The van der Waals surface area contributed by atoms with E-state index in [9.17, 15) is 4.79 Å². The van der Waals surface area contributed by atoms with Crippen LogP contribution in [0, 0.1) is 0 Å². The number of fused-ring (bicyclic) bond motifs is 1. The van der Waals surface area contributed by atoms with Gasteiger partial charge in [-0.2, -0.15) is 4.99 Å². The number of carbonyl (C=O) groups is 1. The predicted molar refractivity (Wildman–Crippen MR) is 102 cm³/mol. The van der Waals surface area contributed by atoms with Crippen molar-refractivity contribution in [3.05, 3.63) is 58.4 Å². The Balaban J connectivity index is 1.91. The third-order valence-corrected chi connectivity index (χ3v) is 5.30. The molecule has 0 bridgehead atoms. The fourth-order valence-electron chi connectivity index (χ4n) is 2.72. The van der Waals surface area contributed by atoms with E-state index in [1.807, 2.05) is 35.9 Å². The van der Waals surface area contributed by atoms with Crippen molar-refractivity contribution in [3.63, 3.8) is 0 Å². The van der Waals surface area contributed by atoms with Crippen LogP contribution in [0.4, 0.5) is 0 Å². The zero-order valence-electron chi connectivity index (χ0n) is 14.9. The Kier molecular flexibility index (Phi) is 5.04. The number of hydrogen-bond acceptors (Lipinski definition) is 3. The molecule has 0 spiro atoms. The van der Waals surface area contributed by atoms with E-state index in [1.165, 1.54) is 5.56 Å². The minimum absolute atomic E-state index is 0.153. The number of ether oxygens (including phenoxy) is 1. The first-order valence-electron chi connectivity index (χ1n) is 8.28. The average molecular weight is 354 g/mol. The van der Waals surface area contributed by atoms with Crippen molar-refractivity contribution in [1.82, 2.24) is 4.57 Å². The van der Waals surface area contributed by atoms with Gasteiger partial charge in [0.25, 0.3) is 5.91 Å². The number of aryl methyl sites for hydroxylation is 1. The van der Waals surface area contributed by atoms with E-state index in [0.717, 1.165) is 26.3 Å². The molecule has 0 unspecified atom stereocenters. The Bertz CT molecular complexity index is 983. The van der Waals surface area contributed by atoms with Gasteiger partial charge in [0, 0.05) is 7.05 Å². The van der Waals surface area contributed by atoms with Crippen LogP contribution in [0.2, 0.25) is 0 Å². The maximum atomic E-state index is 12.4. The molecule has 5 heteroatoms. The molecule has 1 heterocycles. The summed E-state index contributed by atoms with van der Waals surface area (Å²) in [6.45, 7) is 4.36. The van der Waals surface area contributed by atoms with Gasteiger partial charge in [0.05, 0.1) is 23.7 Å². The minimum Gasteiger partial charge on any atom is -0.497 e. The molecule has 0 aliphatic carbocycles. The number of benzene rings is 2. The standard InChI is InChI=1S/C20H22N2O2S/c1-13(2)15-8-9-17-18(12-15)25-20(22(17)3)21-19(23)11-14-6-5-7-16(10-14)24-4/h5-10,12-13H,11H2,1-4H3. The van der Waals surface area contributed by atoms with Crippen molar-refractivity contribution in [1.29, 1.82) is 0 Å². The molecule has 3 aromatic rings. The number of methoxy groups -OCH3 is 1. The lowest BCUT2D eigenvalue weighted by atomic mass is 10.0. The number of nitrogens with zero attached hydrogens (tertiary/aromatic N) is 2. The molecule has 0 atom stereocenters. The molecule has 0 aliphatic heterocycles. The third kappa shape index (κ3) is 3.82. The molecule has 25 heavy (non-hydrogen) atoms. The Labute approximate surface area is 151 Å². The molecule has 0 fully saturated rings. The quantitative estimate of drug-likeness (QED) is 0.710. The Morgan fingerprint density at radius 1 is 1.24 bits per heavy atom. The number of carbonyl (C=O) groups excluding carboxylic acids is 1. The van der Waals surface area contributed by atoms with E-state index in [-0.39, 0.29) is 12.3 Å². The van der Waals surface area contributed by atoms with E-state index in [0.29, 0.717) is 5.92 Å². The van der Waals surface area contributed by atoms with Crippen LogP contribution in [0.15, 0.2) is 47.5 Å². The van der Waals surface area contributed by atoms with Gasteiger partial charge in [-0.15, -0.1) is 0 Å². The summed E-state index contributed by atoms with van der Waals surface area (Å²) in [5.41, 5.74) is 3.30. The molecule has 0 N–H and O–H groups in total. The van der Waals surface area contributed by atoms with Gasteiger partial charge in [0.2, 0.25) is 0 Å². The molecule has 130 valence electrons. The molecule has 1 amide bonds. The van der Waals surface area contributed by atoms with Crippen LogP contribution >= 0.6 is 11.3 Å². The first kappa shape index (κ1) is 17.4. The van der Waals surface area contributed by atoms with Crippen LogP contribution in [0.1, 0.15) is 30.9 Å². The minimum atomic E-state index is -0.153. The normalized spacial score (nSPS) is 12.1. The molecule has 4 nitrogen and oxygen atoms in total. The largest absolute Gasteiger partial charge is 0.497 e. The highest BCUT2D eigenvalue weighted by Gasteiger charge is 2.08. The monoisotopic (exact) mass is 354 g/mol. The molecular weight excluding hydrogens is 332 g/mol. The summed E-state index contributed by atoms with van der Waals surface area (Å²) >= 11 is 1.55. The van der Waals surface area contributed by atoms with Crippen LogP contribution in [0.25, 0.3) is 10.2 Å². The molecule has 0 saturated carbocycles. The second kappa shape index (κ2) is 7.23. The van der Waals surface area contributed by atoms with Gasteiger partial charge < -0.3 is 9.30 Å². The van der Waals surface area contributed by atoms with Gasteiger partial charge >= 0.3 is 0 Å². The number of amides is 1. The van der Waals surface area contributed by atoms with Crippen LogP contribution in [0.5, 0.6) is 5.75 Å². The summed E-state index contributed by atoms with van der Waals surface area (Å²) in [6.07, 6.45) is 0.267. The van der Waals surface area contributed by atoms with E-state index >= 15 is 0 Å². The Morgan fingerprint density at radius 3 is 2.76 bits per heavy atom. The maximum absolute atomic E-state index is 12.4. The van der Waals surface area contributed by atoms with Crippen molar-refractivity contribution in [2.24, 2.45) is 12.0 Å². The van der Waals surface area contributed by atoms with Crippen molar-refractivity contribution < 1.29 is 9.53 Å². The lowest BCUT2D eigenvalue weighted by Crippen LogP contribution is -2.14. The number of rotatable bonds is 4. The van der Waals surface area contributed by atoms with E-state index in [2.05, 4.69) is 37.0 Å². The summed E-state index contributed by atoms with van der Waals surface area (Å²) in [6, 6.07) is 14.0. The zero-order valence-corrected chi connectivity index (χ0v) is 15.8. The second-order valence-electron chi connectivity index (χ2n) is 6.36. The third-order valence-electron chi connectivity index (χ3n) is 4.21. The molecule has 0 aliphatic rings. The van der Waals surface area contributed by atoms with Crippen molar-refractivity contribution in [3.8, 4) is 5.75 Å². The first-order chi connectivity index (χ1) is 12.0. The van der Waals surface area contributed by atoms with Gasteiger partial charge in [0.15, 0.2) is 4.80 Å².